The summed E-state index contributed by atoms with van der Waals surface area (Å²) in [5, 5.41) is 0. The van der Waals surface area contributed by atoms with Crippen LogP contribution in [0.5, 0.6) is 0 Å². The molecule has 0 aliphatic heterocycles. The molecule has 0 radical (unpaired) electrons. The average Bonchev–Trinajstić information content (AvgIpc) is 2.27. The van der Waals surface area contributed by atoms with Crippen LogP contribution in [-0.4, -0.2) is 24.8 Å². The van der Waals surface area contributed by atoms with Crippen LogP contribution in [0, 0.1) is 12.0 Å². The van der Waals surface area contributed by atoms with Gasteiger partial charge in [-0.3, -0.25) is 4.79 Å². The zero-order chi connectivity index (χ0) is 12.0. The molecule has 2 heteroatoms. The quantitative estimate of drug-likeness (QED) is 0.438. The van der Waals surface area contributed by atoms with Gasteiger partial charge in [-0.25, -0.2) is 0 Å². The van der Waals surface area contributed by atoms with Crippen molar-refractivity contribution in [3.63, 3.8) is 0 Å². The second-order valence-electron chi connectivity index (χ2n) is 3.91. The van der Waals surface area contributed by atoms with Crippen LogP contribution in [-0.2, 0) is 6.42 Å². The lowest BCUT2D eigenvalue weighted by Crippen LogP contribution is -2.03. The minimum Gasteiger partial charge on any atom is -0.338 e. The zero-order valence-electron chi connectivity index (χ0n) is 10.1. The van der Waals surface area contributed by atoms with Gasteiger partial charge in [0, 0.05) is 25.7 Å². The van der Waals surface area contributed by atoms with E-state index in [1.807, 2.05) is 38.4 Å². The van der Waals surface area contributed by atoms with Crippen LogP contribution in [0.2, 0.25) is 0 Å². The Kier molecular flexibility index (Phi) is 4.60. The van der Waals surface area contributed by atoms with Gasteiger partial charge in [0.05, 0.1) is 0 Å². The SMILES string of the molecule is CCCc1ccc(C(=O)C#CN(C)C)cc1. The molecule has 0 atom stereocenters. The van der Waals surface area contributed by atoms with Crippen LogP contribution in [0.3, 0.4) is 0 Å². The van der Waals surface area contributed by atoms with E-state index in [0.29, 0.717) is 5.56 Å². The maximum absolute atomic E-state index is 11.6. The first-order chi connectivity index (χ1) is 7.63. The van der Waals surface area contributed by atoms with E-state index in [4.69, 9.17) is 0 Å². The van der Waals surface area contributed by atoms with Crippen LogP contribution in [0.1, 0.15) is 29.3 Å². The summed E-state index contributed by atoms with van der Waals surface area (Å²) in [5.74, 6) is 2.46. The molecule has 0 aliphatic carbocycles. The number of carbonyl (C=O) groups excluding carboxylic acids is 1. The molecule has 0 bridgehead atoms. The summed E-state index contributed by atoms with van der Waals surface area (Å²) in [7, 11) is 3.62. The third-order valence-corrected chi connectivity index (χ3v) is 2.15. The molecule has 1 aromatic carbocycles. The van der Waals surface area contributed by atoms with E-state index in [0.717, 1.165) is 12.8 Å². The monoisotopic (exact) mass is 215 g/mol. The van der Waals surface area contributed by atoms with Crippen LogP contribution < -0.4 is 0 Å². The van der Waals surface area contributed by atoms with E-state index in [9.17, 15) is 4.79 Å². The molecule has 2 nitrogen and oxygen atoms in total. The Hall–Kier alpha value is -1.75. The van der Waals surface area contributed by atoms with Crippen LogP contribution >= 0.6 is 0 Å². The third-order valence-electron chi connectivity index (χ3n) is 2.15. The van der Waals surface area contributed by atoms with E-state index in [-0.39, 0.29) is 5.78 Å². The molecule has 1 rings (SSSR count). The van der Waals surface area contributed by atoms with Crippen molar-refractivity contribution in [2.24, 2.45) is 0 Å². The van der Waals surface area contributed by atoms with Gasteiger partial charge in [-0.1, -0.05) is 37.6 Å². The van der Waals surface area contributed by atoms with Crippen LogP contribution in [0.25, 0.3) is 0 Å². The maximum Gasteiger partial charge on any atom is 0.237 e. The van der Waals surface area contributed by atoms with Crippen LogP contribution in [0.15, 0.2) is 24.3 Å². The number of nitrogens with zero attached hydrogens (tertiary/aromatic N) is 1. The average molecular weight is 215 g/mol. The van der Waals surface area contributed by atoms with E-state index in [1.54, 1.807) is 4.90 Å². The molecule has 0 saturated heterocycles. The van der Waals surface area contributed by atoms with Gasteiger partial charge in [0.25, 0.3) is 0 Å². The molecular weight excluding hydrogens is 198 g/mol. The Balaban J connectivity index is 2.75. The summed E-state index contributed by atoms with van der Waals surface area (Å²) < 4.78 is 0. The van der Waals surface area contributed by atoms with Crippen molar-refractivity contribution in [3.05, 3.63) is 35.4 Å². The van der Waals surface area contributed by atoms with E-state index in [1.165, 1.54) is 5.56 Å². The fraction of sp³-hybridized carbons (Fsp3) is 0.357. The Morgan fingerprint density at radius 1 is 1.25 bits per heavy atom. The number of carbonyl (C=O) groups is 1. The molecule has 0 aromatic heterocycles. The molecule has 0 N–H and O–H groups in total. The van der Waals surface area contributed by atoms with Gasteiger partial charge in [-0.2, -0.15) is 0 Å². The minimum atomic E-state index is -0.128. The first kappa shape index (κ1) is 12.3. The third kappa shape index (κ3) is 3.78. The van der Waals surface area contributed by atoms with Gasteiger partial charge < -0.3 is 4.90 Å². The first-order valence-corrected chi connectivity index (χ1v) is 5.45. The number of benzene rings is 1. The predicted octanol–water partition coefficient (Wildman–Crippen LogP) is 2.34. The van der Waals surface area contributed by atoms with Crippen molar-refractivity contribution in [1.29, 1.82) is 0 Å². The number of ketones is 1. The highest BCUT2D eigenvalue weighted by molar-refractivity contribution is 6.08. The lowest BCUT2D eigenvalue weighted by molar-refractivity contribution is 0.105. The largest absolute Gasteiger partial charge is 0.338 e. The fourth-order valence-corrected chi connectivity index (χ4v) is 1.35. The van der Waals surface area contributed by atoms with E-state index in [2.05, 4.69) is 18.9 Å². The van der Waals surface area contributed by atoms with Crippen molar-refractivity contribution >= 4 is 5.78 Å². The maximum atomic E-state index is 11.6. The molecule has 84 valence electrons. The second-order valence-corrected chi connectivity index (χ2v) is 3.91. The van der Waals surface area contributed by atoms with Crippen molar-refractivity contribution in [2.45, 2.75) is 19.8 Å². The smallest absolute Gasteiger partial charge is 0.237 e. The molecule has 0 amide bonds. The van der Waals surface area contributed by atoms with Gasteiger partial charge in [0.1, 0.15) is 0 Å². The first-order valence-electron chi connectivity index (χ1n) is 5.45. The number of aryl methyl sites for hydroxylation is 1. The predicted molar refractivity (Wildman–Crippen MR) is 66.2 cm³/mol. The Bertz CT molecular complexity index is 407. The number of hydrogen-bond donors (Lipinski definition) is 0. The lowest BCUT2D eigenvalue weighted by Gasteiger charge is -2.00. The summed E-state index contributed by atoms with van der Waals surface area (Å²) in [6.45, 7) is 2.14. The van der Waals surface area contributed by atoms with Crippen molar-refractivity contribution in [3.8, 4) is 12.0 Å². The molecule has 16 heavy (non-hydrogen) atoms. The standard InChI is InChI=1S/C14H17NO/c1-4-5-12-6-8-13(9-7-12)14(16)10-11-15(2)3/h6-9H,4-5H2,1-3H3. The summed E-state index contributed by atoms with van der Waals surface area (Å²) in [6.07, 6.45) is 2.17. The highest BCUT2D eigenvalue weighted by Crippen LogP contribution is 2.07. The number of hydrogen-bond acceptors (Lipinski definition) is 2. The molecule has 0 fully saturated rings. The Morgan fingerprint density at radius 3 is 2.38 bits per heavy atom. The normalized spacial score (nSPS) is 9.19. The second kappa shape index (κ2) is 5.97. The van der Waals surface area contributed by atoms with Crippen LogP contribution in [0.4, 0.5) is 0 Å². The fourth-order valence-electron chi connectivity index (χ4n) is 1.35. The lowest BCUT2D eigenvalue weighted by atomic mass is 10.1. The molecule has 0 heterocycles. The zero-order valence-corrected chi connectivity index (χ0v) is 10.1. The molecule has 0 unspecified atom stereocenters. The highest BCUT2D eigenvalue weighted by Gasteiger charge is 2.01. The summed E-state index contributed by atoms with van der Waals surface area (Å²) in [6, 6.07) is 10.4. The van der Waals surface area contributed by atoms with Crippen molar-refractivity contribution < 1.29 is 4.79 Å². The van der Waals surface area contributed by atoms with E-state index >= 15 is 0 Å². The van der Waals surface area contributed by atoms with Gasteiger partial charge in [0.2, 0.25) is 5.78 Å². The minimum absolute atomic E-state index is 0.128. The van der Waals surface area contributed by atoms with Crippen molar-refractivity contribution in [1.82, 2.24) is 4.90 Å². The van der Waals surface area contributed by atoms with Crippen molar-refractivity contribution in [2.75, 3.05) is 14.1 Å². The van der Waals surface area contributed by atoms with Gasteiger partial charge >= 0.3 is 0 Å². The summed E-state index contributed by atoms with van der Waals surface area (Å²) in [4.78, 5) is 13.3. The Labute approximate surface area is 97.3 Å². The molecule has 0 saturated carbocycles. The Morgan fingerprint density at radius 2 is 1.88 bits per heavy atom. The van der Waals surface area contributed by atoms with Gasteiger partial charge in [0.15, 0.2) is 0 Å². The number of Topliss-reactive ketones (excluding diaryl/α,β-unsaturated/α-hetero) is 1. The highest BCUT2D eigenvalue weighted by atomic mass is 16.1. The number of rotatable bonds is 3. The van der Waals surface area contributed by atoms with Gasteiger partial charge in [-0.15, -0.1) is 0 Å². The van der Waals surface area contributed by atoms with E-state index < -0.39 is 0 Å². The molecule has 0 spiro atoms. The molecule has 1 aromatic rings. The summed E-state index contributed by atoms with van der Waals surface area (Å²) >= 11 is 0. The van der Waals surface area contributed by atoms with Gasteiger partial charge in [-0.05, 0) is 17.9 Å². The summed E-state index contributed by atoms with van der Waals surface area (Å²) in [5.41, 5.74) is 1.92. The molecule has 0 aliphatic rings. The topological polar surface area (TPSA) is 20.3 Å². The molecular formula is C14H17NO.